The van der Waals surface area contributed by atoms with E-state index in [9.17, 15) is 9.59 Å². The Kier molecular flexibility index (Phi) is 4.19. The predicted molar refractivity (Wildman–Crippen MR) is 71.8 cm³/mol. The highest BCUT2D eigenvalue weighted by molar-refractivity contribution is 6.02. The average molecular weight is 264 g/mol. The van der Waals surface area contributed by atoms with Gasteiger partial charge in [-0.2, -0.15) is 5.10 Å². The van der Waals surface area contributed by atoms with Gasteiger partial charge in [0.15, 0.2) is 5.69 Å². The zero-order chi connectivity index (χ0) is 13.8. The van der Waals surface area contributed by atoms with Crippen molar-refractivity contribution in [3.05, 3.63) is 11.9 Å². The number of amides is 2. The maximum Gasteiger partial charge on any atom is 0.273 e. The number of nitrogens with one attached hydrogen (secondary N) is 2. The Morgan fingerprint density at radius 1 is 1.32 bits per heavy atom. The van der Waals surface area contributed by atoms with Gasteiger partial charge in [-0.15, -0.1) is 0 Å². The highest BCUT2D eigenvalue weighted by Gasteiger charge is 2.23. The molecule has 0 spiro atoms. The van der Waals surface area contributed by atoms with Crippen LogP contribution in [0.5, 0.6) is 0 Å². The molecule has 6 heteroatoms. The van der Waals surface area contributed by atoms with E-state index in [2.05, 4.69) is 15.7 Å². The summed E-state index contributed by atoms with van der Waals surface area (Å²) in [6.45, 7) is 0. The van der Waals surface area contributed by atoms with Crippen LogP contribution >= 0.6 is 0 Å². The zero-order valence-corrected chi connectivity index (χ0v) is 11.4. The molecule has 104 valence electrons. The van der Waals surface area contributed by atoms with E-state index < -0.39 is 0 Å². The molecular formula is C13H20N4O2. The van der Waals surface area contributed by atoms with Crippen LogP contribution < -0.4 is 10.6 Å². The van der Waals surface area contributed by atoms with Crippen LogP contribution in [0.4, 0.5) is 5.69 Å². The zero-order valence-electron chi connectivity index (χ0n) is 11.4. The molecule has 1 aliphatic rings. The Bertz CT molecular complexity index is 475. The Balaban J connectivity index is 2.09. The molecule has 0 radical (unpaired) electrons. The summed E-state index contributed by atoms with van der Waals surface area (Å²) in [5.41, 5.74) is 0.742. The average Bonchev–Trinajstić information content (AvgIpc) is 2.79. The van der Waals surface area contributed by atoms with Gasteiger partial charge in [0.1, 0.15) is 0 Å². The van der Waals surface area contributed by atoms with Crippen molar-refractivity contribution in [2.45, 2.75) is 32.1 Å². The van der Waals surface area contributed by atoms with E-state index >= 15 is 0 Å². The van der Waals surface area contributed by atoms with Crippen molar-refractivity contribution in [1.82, 2.24) is 15.1 Å². The van der Waals surface area contributed by atoms with Crippen LogP contribution in [0.2, 0.25) is 0 Å². The van der Waals surface area contributed by atoms with E-state index in [1.54, 1.807) is 20.3 Å². The molecular weight excluding hydrogens is 244 g/mol. The summed E-state index contributed by atoms with van der Waals surface area (Å²) in [5.74, 6) is -0.233. The maximum atomic E-state index is 12.2. The molecule has 0 atom stereocenters. The third-order valence-corrected chi connectivity index (χ3v) is 3.50. The van der Waals surface area contributed by atoms with Crippen molar-refractivity contribution >= 4 is 17.5 Å². The van der Waals surface area contributed by atoms with Crippen LogP contribution in [0.1, 0.15) is 42.6 Å². The molecule has 0 saturated heterocycles. The third kappa shape index (κ3) is 3.13. The standard InChI is InChI=1S/C13H20N4O2/c1-14-13(19)11-10(8-17(2)16-11)15-12(18)9-6-4-3-5-7-9/h8-9H,3-7H2,1-2H3,(H,14,19)(H,15,18). The van der Waals surface area contributed by atoms with E-state index in [4.69, 9.17) is 0 Å². The van der Waals surface area contributed by atoms with E-state index in [-0.39, 0.29) is 23.4 Å². The largest absolute Gasteiger partial charge is 0.354 e. The molecule has 1 heterocycles. The topological polar surface area (TPSA) is 76.0 Å². The number of carbonyl (C=O) groups is 2. The van der Waals surface area contributed by atoms with Gasteiger partial charge in [-0.1, -0.05) is 19.3 Å². The molecule has 0 bridgehead atoms. The van der Waals surface area contributed by atoms with Crippen molar-refractivity contribution in [1.29, 1.82) is 0 Å². The van der Waals surface area contributed by atoms with Crippen molar-refractivity contribution in [2.24, 2.45) is 13.0 Å². The lowest BCUT2D eigenvalue weighted by atomic mass is 9.88. The van der Waals surface area contributed by atoms with Gasteiger partial charge in [-0.05, 0) is 12.8 Å². The second kappa shape index (κ2) is 5.86. The number of aryl methyl sites for hydroxylation is 1. The molecule has 1 fully saturated rings. The van der Waals surface area contributed by atoms with Gasteiger partial charge in [0.2, 0.25) is 5.91 Å². The van der Waals surface area contributed by atoms with Gasteiger partial charge < -0.3 is 10.6 Å². The Morgan fingerprint density at radius 2 is 2.00 bits per heavy atom. The van der Waals surface area contributed by atoms with Gasteiger partial charge in [-0.3, -0.25) is 14.3 Å². The van der Waals surface area contributed by atoms with Crippen LogP contribution in [0.3, 0.4) is 0 Å². The minimum Gasteiger partial charge on any atom is -0.354 e. The Morgan fingerprint density at radius 3 is 2.63 bits per heavy atom. The number of hydrogen-bond donors (Lipinski definition) is 2. The van der Waals surface area contributed by atoms with Gasteiger partial charge in [0.05, 0.1) is 5.69 Å². The Hall–Kier alpha value is -1.85. The summed E-state index contributed by atoms with van der Waals surface area (Å²) >= 11 is 0. The van der Waals surface area contributed by atoms with Crippen LogP contribution in [0, 0.1) is 5.92 Å². The highest BCUT2D eigenvalue weighted by atomic mass is 16.2. The molecule has 6 nitrogen and oxygen atoms in total. The first-order chi connectivity index (χ1) is 9.11. The lowest BCUT2D eigenvalue weighted by Gasteiger charge is -2.20. The summed E-state index contributed by atoms with van der Waals surface area (Å²) in [5, 5.41) is 9.42. The van der Waals surface area contributed by atoms with Crippen LogP contribution in [-0.4, -0.2) is 28.6 Å². The van der Waals surface area contributed by atoms with Crippen molar-refractivity contribution in [2.75, 3.05) is 12.4 Å². The predicted octanol–water partition coefficient (Wildman–Crippen LogP) is 1.30. The fraction of sp³-hybridized carbons (Fsp3) is 0.615. The first-order valence-electron chi connectivity index (χ1n) is 6.68. The van der Waals surface area contributed by atoms with Crippen LogP contribution in [0.25, 0.3) is 0 Å². The van der Waals surface area contributed by atoms with E-state index in [1.165, 1.54) is 11.1 Å². The SMILES string of the molecule is CNC(=O)c1nn(C)cc1NC(=O)C1CCCCC1. The summed E-state index contributed by atoms with van der Waals surface area (Å²) in [6, 6.07) is 0. The quantitative estimate of drug-likeness (QED) is 0.864. The van der Waals surface area contributed by atoms with E-state index in [0.717, 1.165) is 25.7 Å². The smallest absolute Gasteiger partial charge is 0.273 e. The van der Waals surface area contributed by atoms with Crippen molar-refractivity contribution < 1.29 is 9.59 Å². The summed E-state index contributed by atoms with van der Waals surface area (Å²) in [7, 11) is 3.27. The monoisotopic (exact) mass is 264 g/mol. The van der Waals surface area contributed by atoms with Gasteiger partial charge >= 0.3 is 0 Å². The van der Waals surface area contributed by atoms with E-state index in [1.807, 2.05) is 0 Å². The normalized spacial score (nSPS) is 16.1. The number of anilines is 1. The third-order valence-electron chi connectivity index (χ3n) is 3.50. The number of hydrogen-bond acceptors (Lipinski definition) is 3. The van der Waals surface area contributed by atoms with Crippen molar-refractivity contribution in [3.8, 4) is 0 Å². The molecule has 1 aromatic rings. The summed E-state index contributed by atoms with van der Waals surface area (Å²) < 4.78 is 1.53. The lowest BCUT2D eigenvalue weighted by molar-refractivity contribution is -0.120. The molecule has 2 amide bonds. The van der Waals surface area contributed by atoms with Gasteiger partial charge in [-0.25, -0.2) is 0 Å². The molecule has 2 rings (SSSR count). The second-order valence-corrected chi connectivity index (χ2v) is 4.97. The van der Waals surface area contributed by atoms with Crippen LogP contribution in [0.15, 0.2) is 6.20 Å². The summed E-state index contributed by atoms with van der Waals surface area (Å²) in [6.07, 6.45) is 6.94. The molecule has 1 aromatic heterocycles. The minimum absolute atomic E-state index is 0.00199. The first-order valence-corrected chi connectivity index (χ1v) is 6.68. The number of carbonyl (C=O) groups excluding carboxylic acids is 2. The van der Waals surface area contributed by atoms with E-state index in [0.29, 0.717) is 5.69 Å². The molecule has 1 aliphatic carbocycles. The van der Waals surface area contributed by atoms with Gasteiger partial charge in [0, 0.05) is 26.2 Å². The molecule has 2 N–H and O–H groups in total. The molecule has 0 aromatic carbocycles. The molecule has 0 unspecified atom stereocenters. The van der Waals surface area contributed by atoms with Gasteiger partial charge in [0.25, 0.3) is 5.91 Å². The first kappa shape index (κ1) is 13.6. The van der Waals surface area contributed by atoms with Crippen LogP contribution in [-0.2, 0) is 11.8 Å². The molecule has 19 heavy (non-hydrogen) atoms. The fourth-order valence-electron chi connectivity index (χ4n) is 2.47. The number of rotatable bonds is 3. The molecule has 1 saturated carbocycles. The second-order valence-electron chi connectivity index (χ2n) is 4.97. The number of nitrogens with zero attached hydrogens (tertiary/aromatic N) is 2. The lowest BCUT2D eigenvalue weighted by Crippen LogP contribution is -2.26. The maximum absolute atomic E-state index is 12.2. The van der Waals surface area contributed by atoms with Crippen molar-refractivity contribution in [3.63, 3.8) is 0 Å². The molecule has 0 aliphatic heterocycles. The minimum atomic E-state index is -0.292. The highest BCUT2D eigenvalue weighted by Crippen LogP contribution is 2.25. The summed E-state index contributed by atoms with van der Waals surface area (Å²) in [4.78, 5) is 23.8. The fourth-order valence-corrected chi connectivity index (χ4v) is 2.47. The number of aromatic nitrogens is 2. The Labute approximate surface area is 112 Å².